The van der Waals surface area contributed by atoms with Gasteiger partial charge in [-0.15, -0.1) is 0 Å². The van der Waals surface area contributed by atoms with Gasteiger partial charge in [-0.1, -0.05) is 170 Å². The average molecular weight is 831 g/mol. The molecule has 0 aliphatic carbocycles. The van der Waals surface area contributed by atoms with Crippen LogP contribution < -0.4 is 15.0 Å². The van der Waals surface area contributed by atoms with Crippen molar-refractivity contribution in [3.8, 4) is 22.3 Å². The fraction of sp³-hybridized carbons (Fsp3) is 0.133. The van der Waals surface area contributed by atoms with Crippen molar-refractivity contribution in [1.29, 1.82) is 0 Å². The molecule has 0 N–H and O–H groups in total. The molecule has 0 spiro atoms. The first-order valence-corrected chi connectivity index (χ1v) is 25.8. The van der Waals surface area contributed by atoms with Crippen molar-refractivity contribution in [2.24, 2.45) is 0 Å². The first kappa shape index (κ1) is 40.1. The molecule has 0 aliphatic rings. The van der Waals surface area contributed by atoms with E-state index in [1.54, 1.807) is 0 Å². The van der Waals surface area contributed by atoms with Gasteiger partial charge in [-0.3, -0.25) is 0 Å². The molecule has 0 bridgehead atoms. The highest BCUT2D eigenvalue weighted by atomic mass is 28.3. The van der Waals surface area contributed by atoms with Crippen LogP contribution in [0.25, 0.3) is 54.6 Å². The van der Waals surface area contributed by atoms with Crippen LogP contribution in [0, 0.1) is 34.6 Å². The Morgan fingerprint density at radius 3 is 1.17 bits per heavy atom. The third-order valence-electron chi connectivity index (χ3n) is 13.1. The second-order valence-corrected chi connectivity index (χ2v) is 23.6. The molecule has 2 nitrogen and oxygen atoms in total. The summed E-state index contributed by atoms with van der Waals surface area (Å²) in [6, 6.07) is 68.2. The highest BCUT2D eigenvalue weighted by Gasteiger charge is 2.26. The zero-order valence-corrected chi connectivity index (χ0v) is 38.7. The van der Waals surface area contributed by atoms with Crippen LogP contribution in [-0.4, -0.2) is 8.07 Å². The van der Waals surface area contributed by atoms with E-state index in [9.17, 15) is 0 Å². The summed E-state index contributed by atoms with van der Waals surface area (Å²) in [7, 11) is -1.66. The molecule has 0 atom stereocenters. The van der Waals surface area contributed by atoms with Gasteiger partial charge in [0.1, 0.15) is 0 Å². The standard InChI is InChI=1S/C60H54N2Si/c1-39-19-20-40(2)55(35-39)61(56-36-48(24-21-41(56)3)44-15-11-9-12-16-44)53-33-28-46-27-32-52-54(34-29-47-26-31-51(53)59(46)60(47)52)62(58-38-50(63(6,7)8)30-23-43(58)5)57-37-49(25-22-42(57)4)45-17-13-10-14-18-45/h9-38H,1-8H3. The number of anilines is 6. The number of aryl methyl sites for hydroxylation is 5. The van der Waals surface area contributed by atoms with Gasteiger partial charge in [0.15, 0.2) is 0 Å². The summed E-state index contributed by atoms with van der Waals surface area (Å²) in [4.78, 5) is 5.08. The lowest BCUT2D eigenvalue weighted by atomic mass is 9.91. The molecular formula is C60H54N2Si. The summed E-state index contributed by atoms with van der Waals surface area (Å²) >= 11 is 0. The Morgan fingerprint density at radius 2 is 0.714 bits per heavy atom. The van der Waals surface area contributed by atoms with Crippen LogP contribution in [0.2, 0.25) is 19.6 Å². The lowest BCUT2D eigenvalue weighted by Gasteiger charge is -2.32. The van der Waals surface area contributed by atoms with E-state index in [0.29, 0.717) is 0 Å². The minimum atomic E-state index is -1.66. The van der Waals surface area contributed by atoms with Crippen LogP contribution in [0.15, 0.2) is 182 Å². The molecule has 63 heavy (non-hydrogen) atoms. The molecule has 0 saturated heterocycles. The maximum Gasteiger partial charge on any atom is 0.0776 e. The van der Waals surface area contributed by atoms with Crippen molar-refractivity contribution in [1.82, 2.24) is 0 Å². The second-order valence-electron chi connectivity index (χ2n) is 18.5. The molecule has 0 saturated carbocycles. The number of hydrogen-bond donors (Lipinski definition) is 0. The lowest BCUT2D eigenvalue weighted by molar-refractivity contribution is 1.22. The van der Waals surface area contributed by atoms with E-state index in [4.69, 9.17) is 0 Å². The average Bonchev–Trinajstić information content (AvgIpc) is 3.29. The molecule has 10 rings (SSSR count). The van der Waals surface area contributed by atoms with Crippen molar-refractivity contribution < 1.29 is 0 Å². The van der Waals surface area contributed by atoms with Crippen LogP contribution in [0.1, 0.15) is 27.8 Å². The SMILES string of the molecule is Cc1ccc(C)c(N(c2cc(-c3ccccc3)ccc2C)c2ccc3ccc4c(N(c5cc(-c6ccccc6)ccc5C)c5cc([Si](C)(C)C)ccc5C)ccc5ccc2c3c54)c1. The van der Waals surface area contributed by atoms with Gasteiger partial charge in [0.05, 0.1) is 19.4 Å². The van der Waals surface area contributed by atoms with E-state index in [0.717, 1.165) is 0 Å². The van der Waals surface area contributed by atoms with Crippen molar-refractivity contribution in [3.05, 3.63) is 210 Å². The molecule has 10 aromatic carbocycles. The molecule has 0 fully saturated rings. The van der Waals surface area contributed by atoms with Crippen molar-refractivity contribution in [2.45, 2.75) is 54.3 Å². The maximum absolute atomic E-state index is 2.56. The molecule has 0 heterocycles. The van der Waals surface area contributed by atoms with Crippen molar-refractivity contribution >= 4 is 79.7 Å². The van der Waals surface area contributed by atoms with Gasteiger partial charge in [-0.25, -0.2) is 0 Å². The number of nitrogens with zero attached hydrogens (tertiary/aromatic N) is 2. The molecule has 308 valence electrons. The van der Waals surface area contributed by atoms with Gasteiger partial charge in [0.2, 0.25) is 0 Å². The van der Waals surface area contributed by atoms with Crippen LogP contribution in [0.5, 0.6) is 0 Å². The summed E-state index contributed by atoms with van der Waals surface area (Å²) in [5.41, 5.74) is 18.2. The van der Waals surface area contributed by atoms with Gasteiger partial charge in [-0.05, 0) is 143 Å². The fourth-order valence-corrected chi connectivity index (χ4v) is 10.7. The van der Waals surface area contributed by atoms with Gasteiger partial charge >= 0.3 is 0 Å². The third-order valence-corrected chi connectivity index (χ3v) is 15.2. The van der Waals surface area contributed by atoms with E-state index in [1.165, 1.54) is 122 Å². The number of hydrogen-bond acceptors (Lipinski definition) is 2. The molecular weight excluding hydrogens is 777 g/mol. The molecule has 0 unspecified atom stereocenters. The van der Waals surface area contributed by atoms with Crippen LogP contribution in [-0.2, 0) is 0 Å². The van der Waals surface area contributed by atoms with Gasteiger partial charge in [0.25, 0.3) is 0 Å². The zero-order valence-electron chi connectivity index (χ0n) is 37.7. The number of benzene rings is 10. The third kappa shape index (κ3) is 7.17. The molecule has 0 aromatic heterocycles. The predicted molar refractivity (Wildman–Crippen MR) is 277 cm³/mol. The monoisotopic (exact) mass is 830 g/mol. The minimum Gasteiger partial charge on any atom is -0.309 e. The van der Waals surface area contributed by atoms with Crippen LogP contribution in [0.4, 0.5) is 34.1 Å². The number of rotatable bonds is 9. The first-order chi connectivity index (χ1) is 30.4. The van der Waals surface area contributed by atoms with Crippen LogP contribution in [0.3, 0.4) is 0 Å². The Balaban J connectivity index is 1.25. The van der Waals surface area contributed by atoms with E-state index < -0.39 is 8.07 Å². The molecule has 0 radical (unpaired) electrons. The second kappa shape index (κ2) is 15.8. The molecule has 0 aliphatic heterocycles. The smallest absolute Gasteiger partial charge is 0.0776 e. The molecule has 0 amide bonds. The van der Waals surface area contributed by atoms with Crippen molar-refractivity contribution in [3.63, 3.8) is 0 Å². The van der Waals surface area contributed by atoms with E-state index in [2.05, 4.69) is 246 Å². The van der Waals surface area contributed by atoms with Crippen molar-refractivity contribution in [2.75, 3.05) is 9.80 Å². The highest BCUT2D eigenvalue weighted by molar-refractivity contribution is 6.88. The quantitative estimate of drug-likeness (QED) is 0.106. The van der Waals surface area contributed by atoms with Gasteiger partial charge < -0.3 is 9.80 Å². The molecule has 10 aromatic rings. The normalized spacial score (nSPS) is 11.8. The fourth-order valence-electron chi connectivity index (χ4n) is 9.54. The summed E-state index contributed by atoms with van der Waals surface area (Å²) < 4.78 is 0. The molecule has 3 heteroatoms. The van der Waals surface area contributed by atoms with E-state index in [-0.39, 0.29) is 0 Å². The Hall–Kier alpha value is -6.94. The Kier molecular flexibility index (Phi) is 10.0. The summed E-state index contributed by atoms with van der Waals surface area (Å²) in [6.07, 6.45) is 0. The van der Waals surface area contributed by atoms with Crippen LogP contribution >= 0.6 is 0 Å². The lowest BCUT2D eigenvalue weighted by Crippen LogP contribution is -2.37. The zero-order chi connectivity index (χ0) is 43.6. The van der Waals surface area contributed by atoms with Gasteiger partial charge in [-0.2, -0.15) is 0 Å². The highest BCUT2D eigenvalue weighted by Crippen LogP contribution is 2.50. The minimum absolute atomic E-state index is 1.17. The summed E-state index contributed by atoms with van der Waals surface area (Å²) in [5.74, 6) is 0. The summed E-state index contributed by atoms with van der Waals surface area (Å²) in [5, 5.41) is 8.99. The predicted octanol–water partition coefficient (Wildman–Crippen LogP) is 16.9. The van der Waals surface area contributed by atoms with E-state index in [1.807, 2.05) is 0 Å². The Morgan fingerprint density at radius 1 is 0.317 bits per heavy atom. The maximum atomic E-state index is 2.56. The topological polar surface area (TPSA) is 6.48 Å². The van der Waals surface area contributed by atoms with Gasteiger partial charge in [0, 0.05) is 33.5 Å². The summed E-state index contributed by atoms with van der Waals surface area (Å²) in [6.45, 7) is 18.5. The largest absolute Gasteiger partial charge is 0.309 e. The van der Waals surface area contributed by atoms with E-state index >= 15 is 0 Å². The Bertz CT molecular complexity index is 3320. The first-order valence-electron chi connectivity index (χ1n) is 22.3. The Labute approximate surface area is 374 Å².